The molecule has 3 aromatic heterocycles. The Hall–Kier alpha value is -3.25. The molecule has 0 spiro atoms. The van der Waals surface area contributed by atoms with Crippen molar-refractivity contribution in [2.24, 2.45) is 0 Å². The van der Waals surface area contributed by atoms with Gasteiger partial charge in [-0.3, -0.25) is 9.36 Å². The van der Waals surface area contributed by atoms with Crippen molar-refractivity contribution in [3.05, 3.63) is 75.3 Å². The summed E-state index contributed by atoms with van der Waals surface area (Å²) in [6.07, 6.45) is 5.76. The molecule has 5 aromatic rings. The molecule has 33 heavy (non-hydrogen) atoms. The average Bonchev–Trinajstić information content (AvgIpc) is 3.14. The first kappa shape index (κ1) is 20.4. The number of fused-ring (bicyclic) bond motifs is 4. The second kappa shape index (κ2) is 7.96. The Morgan fingerprint density at radius 2 is 1.61 bits per heavy atom. The van der Waals surface area contributed by atoms with Gasteiger partial charge in [0.25, 0.3) is 5.56 Å². The smallest absolute Gasteiger partial charge is 0.265 e. The highest BCUT2D eigenvalue weighted by molar-refractivity contribution is 6.30. The first-order valence-electron chi connectivity index (χ1n) is 11.5. The lowest BCUT2D eigenvalue weighted by molar-refractivity contribution is 0.365. The summed E-state index contributed by atoms with van der Waals surface area (Å²) in [5.41, 5.74) is 4.68. The van der Waals surface area contributed by atoms with Crippen LogP contribution in [0.15, 0.2) is 53.3 Å². The van der Waals surface area contributed by atoms with Gasteiger partial charge >= 0.3 is 0 Å². The van der Waals surface area contributed by atoms with Crippen LogP contribution in [0.25, 0.3) is 33.2 Å². The van der Waals surface area contributed by atoms with Gasteiger partial charge in [0.2, 0.25) is 0 Å². The van der Waals surface area contributed by atoms with Crippen molar-refractivity contribution in [1.29, 1.82) is 0 Å². The number of aromatic nitrogens is 5. The fourth-order valence-corrected chi connectivity index (χ4v) is 5.23. The summed E-state index contributed by atoms with van der Waals surface area (Å²) >= 11 is 6.05. The van der Waals surface area contributed by atoms with Crippen LogP contribution in [-0.4, -0.2) is 24.1 Å². The number of benzene rings is 2. The standard InChI is InChI=1S/C26H24ClN5O/c1-16-28-24-22(26(33)31(16)15-17-11-13-18(27)14-12-17)23-25(32(24)19-7-3-2-4-8-19)30-21-10-6-5-9-20(21)29-23/h5-6,9-14,19H,2-4,7-8,15H2,1H3. The Bertz CT molecular complexity index is 1560. The normalized spacial score (nSPS) is 15.1. The summed E-state index contributed by atoms with van der Waals surface area (Å²) in [4.78, 5) is 28.8. The molecule has 1 aliphatic rings. The molecule has 0 amide bonds. The third kappa shape index (κ3) is 3.40. The fourth-order valence-electron chi connectivity index (χ4n) is 5.10. The molecule has 1 fully saturated rings. The van der Waals surface area contributed by atoms with Crippen molar-refractivity contribution in [2.75, 3.05) is 0 Å². The second-order valence-corrected chi connectivity index (χ2v) is 9.36. The van der Waals surface area contributed by atoms with E-state index in [0.29, 0.717) is 33.9 Å². The molecule has 2 aromatic carbocycles. The summed E-state index contributed by atoms with van der Waals surface area (Å²) in [6, 6.07) is 15.7. The maximum Gasteiger partial charge on any atom is 0.265 e. The number of aryl methyl sites for hydroxylation is 1. The lowest BCUT2D eigenvalue weighted by Gasteiger charge is -2.24. The van der Waals surface area contributed by atoms with E-state index >= 15 is 0 Å². The van der Waals surface area contributed by atoms with E-state index in [9.17, 15) is 4.79 Å². The van der Waals surface area contributed by atoms with Gasteiger partial charge in [-0.25, -0.2) is 15.0 Å². The molecule has 0 unspecified atom stereocenters. The highest BCUT2D eigenvalue weighted by Crippen LogP contribution is 2.35. The van der Waals surface area contributed by atoms with Crippen LogP contribution in [0, 0.1) is 6.92 Å². The molecule has 1 aliphatic carbocycles. The molecular formula is C26H24ClN5O. The third-order valence-electron chi connectivity index (χ3n) is 6.78. The van der Waals surface area contributed by atoms with Crippen LogP contribution in [0.4, 0.5) is 0 Å². The van der Waals surface area contributed by atoms with Gasteiger partial charge in [-0.05, 0) is 49.6 Å². The summed E-state index contributed by atoms with van der Waals surface area (Å²) in [5.74, 6) is 0.687. The first-order valence-corrected chi connectivity index (χ1v) is 11.9. The summed E-state index contributed by atoms with van der Waals surface area (Å²) in [5, 5.41) is 1.24. The van der Waals surface area contributed by atoms with E-state index in [4.69, 9.17) is 26.6 Å². The van der Waals surface area contributed by atoms with E-state index in [1.807, 2.05) is 55.5 Å². The number of hydrogen-bond donors (Lipinski definition) is 0. The zero-order valence-electron chi connectivity index (χ0n) is 18.5. The van der Waals surface area contributed by atoms with Crippen molar-refractivity contribution in [3.63, 3.8) is 0 Å². The van der Waals surface area contributed by atoms with E-state index < -0.39 is 0 Å². The van der Waals surface area contributed by atoms with Gasteiger partial charge < -0.3 is 4.57 Å². The topological polar surface area (TPSA) is 65.6 Å². The Morgan fingerprint density at radius 3 is 2.33 bits per heavy atom. The van der Waals surface area contributed by atoms with Crippen molar-refractivity contribution in [1.82, 2.24) is 24.1 Å². The van der Waals surface area contributed by atoms with Crippen LogP contribution in [-0.2, 0) is 6.54 Å². The SMILES string of the molecule is Cc1nc2c(c(=O)n1Cc1ccc(Cl)cc1)c1nc3ccccc3nc1n2C1CCCCC1. The van der Waals surface area contributed by atoms with Gasteiger partial charge in [0.05, 0.1) is 17.6 Å². The summed E-state index contributed by atoms with van der Waals surface area (Å²) in [7, 11) is 0. The predicted octanol–water partition coefficient (Wildman–Crippen LogP) is 5.81. The molecule has 3 heterocycles. The molecule has 0 aliphatic heterocycles. The van der Waals surface area contributed by atoms with E-state index in [-0.39, 0.29) is 11.6 Å². The number of nitrogens with zero attached hydrogens (tertiary/aromatic N) is 5. The molecule has 6 nitrogen and oxygen atoms in total. The van der Waals surface area contributed by atoms with Gasteiger partial charge in [-0.15, -0.1) is 0 Å². The molecule has 7 heteroatoms. The van der Waals surface area contributed by atoms with Gasteiger partial charge in [0, 0.05) is 11.1 Å². The highest BCUT2D eigenvalue weighted by atomic mass is 35.5. The van der Waals surface area contributed by atoms with Crippen LogP contribution >= 0.6 is 11.6 Å². The van der Waals surface area contributed by atoms with Crippen molar-refractivity contribution < 1.29 is 0 Å². The molecule has 0 atom stereocenters. The van der Waals surface area contributed by atoms with Crippen LogP contribution < -0.4 is 5.56 Å². The minimum Gasteiger partial charge on any atom is -0.305 e. The monoisotopic (exact) mass is 457 g/mol. The Kier molecular flexibility index (Phi) is 4.91. The third-order valence-corrected chi connectivity index (χ3v) is 7.03. The van der Waals surface area contributed by atoms with E-state index in [1.165, 1.54) is 19.3 Å². The van der Waals surface area contributed by atoms with Crippen molar-refractivity contribution in [3.8, 4) is 0 Å². The first-order chi connectivity index (χ1) is 16.1. The van der Waals surface area contributed by atoms with Gasteiger partial charge in [-0.2, -0.15) is 0 Å². The molecule has 0 saturated heterocycles. The number of halogens is 1. The largest absolute Gasteiger partial charge is 0.305 e. The zero-order chi connectivity index (χ0) is 22.5. The van der Waals surface area contributed by atoms with E-state index in [1.54, 1.807) is 4.57 Å². The summed E-state index contributed by atoms with van der Waals surface area (Å²) in [6.45, 7) is 2.33. The van der Waals surface area contributed by atoms with Gasteiger partial charge in [-0.1, -0.05) is 55.1 Å². The van der Waals surface area contributed by atoms with E-state index in [0.717, 1.165) is 35.1 Å². The average molecular weight is 458 g/mol. The predicted molar refractivity (Wildman–Crippen MR) is 132 cm³/mol. The summed E-state index contributed by atoms with van der Waals surface area (Å²) < 4.78 is 3.93. The van der Waals surface area contributed by atoms with E-state index in [2.05, 4.69) is 4.57 Å². The quantitative estimate of drug-likeness (QED) is 0.343. The minimum atomic E-state index is -0.0726. The van der Waals surface area contributed by atoms with Crippen molar-refractivity contribution >= 4 is 44.8 Å². The molecule has 0 N–H and O–H groups in total. The molecule has 0 radical (unpaired) electrons. The number of rotatable bonds is 3. The fraction of sp³-hybridized carbons (Fsp3) is 0.308. The van der Waals surface area contributed by atoms with Crippen LogP contribution in [0.3, 0.4) is 0 Å². The zero-order valence-corrected chi connectivity index (χ0v) is 19.2. The highest BCUT2D eigenvalue weighted by Gasteiger charge is 2.26. The lowest BCUT2D eigenvalue weighted by atomic mass is 9.95. The van der Waals surface area contributed by atoms with Crippen LogP contribution in [0.1, 0.15) is 49.5 Å². The second-order valence-electron chi connectivity index (χ2n) is 8.92. The minimum absolute atomic E-state index is 0.0726. The Balaban J connectivity index is 1.65. The van der Waals surface area contributed by atoms with Gasteiger partial charge in [0.1, 0.15) is 16.7 Å². The molecule has 0 bridgehead atoms. The van der Waals surface area contributed by atoms with Crippen molar-refractivity contribution in [2.45, 2.75) is 51.6 Å². The number of para-hydroxylation sites is 2. The maximum absolute atomic E-state index is 13.9. The molecular weight excluding hydrogens is 434 g/mol. The van der Waals surface area contributed by atoms with Crippen LogP contribution in [0.5, 0.6) is 0 Å². The Labute approximate surface area is 195 Å². The van der Waals surface area contributed by atoms with Crippen LogP contribution in [0.2, 0.25) is 5.02 Å². The van der Waals surface area contributed by atoms with Gasteiger partial charge in [0.15, 0.2) is 11.3 Å². The molecule has 166 valence electrons. The maximum atomic E-state index is 13.9. The lowest BCUT2D eigenvalue weighted by Crippen LogP contribution is -2.25. The molecule has 1 saturated carbocycles. The number of hydrogen-bond acceptors (Lipinski definition) is 4. The Morgan fingerprint density at radius 1 is 0.909 bits per heavy atom. The molecule has 6 rings (SSSR count).